The smallest absolute Gasteiger partial charge is 0.310 e. The number of nitrogens with zero attached hydrogens (tertiary/aromatic N) is 1. The molecule has 0 heterocycles. The largest absolute Gasteiger partial charge is 0.477 e. The van der Waals surface area contributed by atoms with E-state index < -0.39 is 4.92 Å². The molecule has 0 fully saturated rings. The van der Waals surface area contributed by atoms with Gasteiger partial charge in [0.1, 0.15) is 0 Å². The van der Waals surface area contributed by atoms with E-state index >= 15 is 0 Å². The minimum atomic E-state index is -0.523. The summed E-state index contributed by atoms with van der Waals surface area (Å²) < 4.78 is 5.40. The first-order valence-corrected chi connectivity index (χ1v) is 8.06. The van der Waals surface area contributed by atoms with E-state index in [2.05, 4.69) is 19.2 Å². The van der Waals surface area contributed by atoms with Crippen molar-refractivity contribution in [2.45, 2.75) is 33.6 Å². The Morgan fingerprint density at radius 3 is 2.60 bits per heavy atom. The van der Waals surface area contributed by atoms with Crippen LogP contribution in [0.15, 0.2) is 36.4 Å². The van der Waals surface area contributed by atoms with Crippen LogP contribution in [0.4, 0.5) is 11.4 Å². The van der Waals surface area contributed by atoms with Crippen molar-refractivity contribution in [3.63, 3.8) is 0 Å². The van der Waals surface area contributed by atoms with E-state index in [1.807, 2.05) is 25.1 Å². The number of aryl methyl sites for hydroxylation is 2. The first kappa shape index (κ1) is 18.4. The fourth-order valence-corrected chi connectivity index (χ4v) is 2.55. The number of anilines is 1. The maximum Gasteiger partial charge on any atom is 0.310 e. The summed E-state index contributed by atoms with van der Waals surface area (Å²) in [7, 11) is 0. The van der Waals surface area contributed by atoms with Crippen molar-refractivity contribution in [2.75, 3.05) is 11.9 Å². The van der Waals surface area contributed by atoms with Crippen molar-refractivity contribution in [1.29, 1.82) is 0 Å². The molecule has 0 saturated carbocycles. The molecule has 25 heavy (non-hydrogen) atoms. The fraction of sp³-hybridized carbons (Fsp3) is 0.316. The number of nitro groups is 1. The summed E-state index contributed by atoms with van der Waals surface area (Å²) in [6.07, 6.45) is 0. The van der Waals surface area contributed by atoms with E-state index in [1.165, 1.54) is 6.07 Å². The number of rotatable bonds is 6. The van der Waals surface area contributed by atoms with Gasteiger partial charge in [-0.1, -0.05) is 38.1 Å². The molecule has 0 aliphatic heterocycles. The van der Waals surface area contributed by atoms with Crippen LogP contribution in [0.1, 0.15) is 36.5 Å². The van der Waals surface area contributed by atoms with E-state index in [0.29, 0.717) is 0 Å². The highest BCUT2D eigenvalue weighted by Gasteiger charge is 2.17. The lowest BCUT2D eigenvalue weighted by Gasteiger charge is -2.16. The van der Waals surface area contributed by atoms with Crippen LogP contribution in [0.2, 0.25) is 0 Å². The van der Waals surface area contributed by atoms with Gasteiger partial charge in [0.15, 0.2) is 12.4 Å². The molecular formula is C19H22N2O4. The molecule has 0 bridgehead atoms. The highest BCUT2D eigenvalue weighted by molar-refractivity contribution is 5.93. The zero-order chi connectivity index (χ0) is 18.6. The zero-order valence-corrected chi connectivity index (χ0v) is 14.8. The molecule has 0 aliphatic rings. The monoisotopic (exact) mass is 342 g/mol. The lowest BCUT2D eigenvalue weighted by atomic mass is 9.98. The molecule has 2 aromatic carbocycles. The third-order valence-electron chi connectivity index (χ3n) is 3.86. The minimum absolute atomic E-state index is 0.0917. The van der Waals surface area contributed by atoms with Crippen LogP contribution in [0.5, 0.6) is 5.75 Å². The van der Waals surface area contributed by atoms with Gasteiger partial charge in [-0.3, -0.25) is 14.9 Å². The molecule has 0 aliphatic carbocycles. The van der Waals surface area contributed by atoms with Crippen molar-refractivity contribution >= 4 is 17.3 Å². The normalized spacial score (nSPS) is 10.6. The Morgan fingerprint density at radius 1 is 1.24 bits per heavy atom. The van der Waals surface area contributed by atoms with Gasteiger partial charge in [-0.2, -0.15) is 0 Å². The van der Waals surface area contributed by atoms with Crippen LogP contribution in [0.25, 0.3) is 0 Å². The maximum absolute atomic E-state index is 12.3. The molecule has 1 N–H and O–H groups in total. The van der Waals surface area contributed by atoms with Crippen LogP contribution in [-0.2, 0) is 4.79 Å². The second kappa shape index (κ2) is 7.79. The Labute approximate surface area is 147 Å². The van der Waals surface area contributed by atoms with Crippen LogP contribution in [0, 0.1) is 24.0 Å². The molecule has 0 spiro atoms. The van der Waals surface area contributed by atoms with Crippen molar-refractivity contribution in [3.05, 3.63) is 63.2 Å². The zero-order valence-electron chi connectivity index (χ0n) is 14.8. The van der Waals surface area contributed by atoms with Crippen molar-refractivity contribution in [2.24, 2.45) is 0 Å². The number of nitro benzene ring substituents is 1. The van der Waals surface area contributed by atoms with E-state index in [4.69, 9.17) is 4.74 Å². The third kappa shape index (κ3) is 4.56. The SMILES string of the molecule is Cc1ccc([N+](=O)[O-])c(OCC(=O)Nc2c(C)cccc2C(C)C)c1. The summed E-state index contributed by atoms with van der Waals surface area (Å²) in [6, 6.07) is 10.4. The van der Waals surface area contributed by atoms with Gasteiger partial charge in [-0.25, -0.2) is 0 Å². The first-order valence-electron chi connectivity index (χ1n) is 8.06. The Hall–Kier alpha value is -2.89. The van der Waals surface area contributed by atoms with Gasteiger partial charge < -0.3 is 10.1 Å². The molecule has 0 unspecified atom stereocenters. The van der Waals surface area contributed by atoms with E-state index in [9.17, 15) is 14.9 Å². The summed E-state index contributed by atoms with van der Waals surface area (Å²) in [6.45, 7) is 7.54. The average Bonchev–Trinajstić information content (AvgIpc) is 2.54. The molecule has 1 amide bonds. The second-order valence-corrected chi connectivity index (χ2v) is 6.26. The van der Waals surface area contributed by atoms with Gasteiger partial charge in [-0.05, 0) is 42.5 Å². The Morgan fingerprint density at radius 2 is 1.96 bits per heavy atom. The number of hydrogen-bond donors (Lipinski definition) is 1. The first-order chi connectivity index (χ1) is 11.8. The van der Waals surface area contributed by atoms with E-state index in [0.717, 1.165) is 22.4 Å². The molecule has 0 radical (unpaired) electrons. The van der Waals surface area contributed by atoms with Crippen LogP contribution in [0.3, 0.4) is 0 Å². The van der Waals surface area contributed by atoms with Gasteiger partial charge in [0, 0.05) is 11.8 Å². The Balaban J connectivity index is 2.13. The minimum Gasteiger partial charge on any atom is -0.477 e. The van der Waals surface area contributed by atoms with E-state index in [1.54, 1.807) is 19.1 Å². The summed E-state index contributed by atoms with van der Waals surface area (Å²) >= 11 is 0. The number of nitrogens with one attached hydrogen (secondary N) is 1. The number of ether oxygens (including phenoxy) is 1. The number of hydrogen-bond acceptors (Lipinski definition) is 4. The number of amides is 1. The Bertz CT molecular complexity index is 800. The second-order valence-electron chi connectivity index (χ2n) is 6.26. The molecule has 0 aromatic heterocycles. The van der Waals surface area contributed by atoms with Crippen molar-refractivity contribution in [1.82, 2.24) is 0 Å². The summed E-state index contributed by atoms with van der Waals surface area (Å²) in [5.41, 5.74) is 3.43. The van der Waals surface area contributed by atoms with Crippen LogP contribution < -0.4 is 10.1 Å². The molecule has 0 atom stereocenters. The van der Waals surface area contributed by atoms with Crippen molar-refractivity contribution < 1.29 is 14.5 Å². The van der Waals surface area contributed by atoms with Crippen molar-refractivity contribution in [3.8, 4) is 5.75 Å². The number of benzene rings is 2. The molecule has 2 rings (SSSR count). The van der Waals surface area contributed by atoms with Gasteiger partial charge in [0.05, 0.1) is 4.92 Å². The Kier molecular flexibility index (Phi) is 5.75. The third-order valence-corrected chi connectivity index (χ3v) is 3.86. The number of carbonyl (C=O) groups is 1. The molecule has 2 aromatic rings. The lowest BCUT2D eigenvalue weighted by Crippen LogP contribution is -2.22. The highest BCUT2D eigenvalue weighted by atomic mass is 16.6. The highest BCUT2D eigenvalue weighted by Crippen LogP contribution is 2.29. The van der Waals surface area contributed by atoms with Crippen LogP contribution >= 0.6 is 0 Å². The summed E-state index contributed by atoms with van der Waals surface area (Å²) in [5.74, 6) is -0.00463. The van der Waals surface area contributed by atoms with Gasteiger partial charge in [-0.15, -0.1) is 0 Å². The number of para-hydroxylation sites is 1. The summed E-state index contributed by atoms with van der Waals surface area (Å²) in [5, 5.41) is 13.9. The molecular weight excluding hydrogens is 320 g/mol. The molecule has 6 heteroatoms. The van der Waals surface area contributed by atoms with Gasteiger partial charge in [0.25, 0.3) is 5.91 Å². The van der Waals surface area contributed by atoms with Gasteiger partial charge >= 0.3 is 5.69 Å². The predicted molar refractivity (Wildman–Crippen MR) is 97.2 cm³/mol. The fourth-order valence-electron chi connectivity index (χ4n) is 2.55. The average molecular weight is 342 g/mol. The lowest BCUT2D eigenvalue weighted by molar-refractivity contribution is -0.385. The number of carbonyl (C=O) groups excluding carboxylic acids is 1. The molecule has 6 nitrogen and oxygen atoms in total. The van der Waals surface area contributed by atoms with Gasteiger partial charge in [0.2, 0.25) is 0 Å². The molecule has 0 saturated heterocycles. The quantitative estimate of drug-likeness (QED) is 0.625. The standard InChI is InChI=1S/C19H22N2O4/c1-12(2)15-7-5-6-14(4)19(15)20-18(22)11-25-17-10-13(3)8-9-16(17)21(23)24/h5-10,12H,11H2,1-4H3,(H,20,22). The topological polar surface area (TPSA) is 81.5 Å². The van der Waals surface area contributed by atoms with E-state index in [-0.39, 0.29) is 29.9 Å². The summed E-state index contributed by atoms with van der Waals surface area (Å²) in [4.78, 5) is 22.8. The maximum atomic E-state index is 12.3. The molecule has 132 valence electrons. The predicted octanol–water partition coefficient (Wildman–Crippen LogP) is 4.35. The van der Waals surface area contributed by atoms with Crippen LogP contribution in [-0.4, -0.2) is 17.4 Å².